The first-order valence-electron chi connectivity index (χ1n) is 8.72. The molecule has 0 saturated heterocycles. The van der Waals surface area contributed by atoms with Gasteiger partial charge in [-0.2, -0.15) is 0 Å². The zero-order valence-electron chi connectivity index (χ0n) is 15.2. The number of nitrogens with two attached hydrogens (primary N) is 1. The molecule has 144 valence electrons. The Hall–Kier alpha value is -2.25. The molecule has 2 N–H and O–H groups in total. The number of ether oxygens (including phenoxy) is 1. The highest BCUT2D eigenvalue weighted by Gasteiger charge is 2.75. The van der Waals surface area contributed by atoms with E-state index in [2.05, 4.69) is 0 Å². The van der Waals surface area contributed by atoms with E-state index in [1.807, 2.05) is 6.92 Å². The second-order valence-corrected chi connectivity index (χ2v) is 8.85. The fourth-order valence-electron chi connectivity index (χ4n) is 3.74. The van der Waals surface area contributed by atoms with Gasteiger partial charge in [0.2, 0.25) is 0 Å². The van der Waals surface area contributed by atoms with Crippen LogP contribution in [0.2, 0.25) is 0 Å². The van der Waals surface area contributed by atoms with Gasteiger partial charge < -0.3 is 10.5 Å². The van der Waals surface area contributed by atoms with Crippen molar-refractivity contribution in [3.8, 4) is 0 Å². The van der Waals surface area contributed by atoms with Gasteiger partial charge in [-0.05, 0) is 43.7 Å². The fraction of sp³-hybridized carbons (Fsp3) is 0.350. The van der Waals surface area contributed by atoms with E-state index in [9.17, 15) is 17.6 Å². The summed E-state index contributed by atoms with van der Waals surface area (Å²) in [5, 5.41) is -1.10. The van der Waals surface area contributed by atoms with Crippen LogP contribution in [-0.4, -0.2) is 32.8 Å². The molecule has 1 aliphatic rings. The molecule has 0 amide bonds. The van der Waals surface area contributed by atoms with E-state index in [4.69, 9.17) is 10.5 Å². The number of sulfone groups is 1. The minimum atomic E-state index is -3.88. The Bertz CT molecular complexity index is 958. The van der Waals surface area contributed by atoms with E-state index >= 15 is 0 Å². The lowest BCUT2D eigenvalue weighted by molar-refractivity contribution is -0.149. The molecule has 0 radical (unpaired) electrons. The zero-order chi connectivity index (χ0) is 19.8. The van der Waals surface area contributed by atoms with Crippen LogP contribution in [0.25, 0.3) is 0 Å². The Morgan fingerprint density at radius 2 is 1.89 bits per heavy atom. The SMILES string of the molecule is CCOC(=O)[C@@]1(CN)[C@H](c2cccc(F)c2)[C@@H]1S(=O)(=O)c1ccc(C)cc1. The number of carbonyl (C=O) groups excluding carboxylic acids is 1. The Balaban J connectivity index is 2.12. The smallest absolute Gasteiger partial charge is 0.315 e. The topological polar surface area (TPSA) is 86.5 Å². The third kappa shape index (κ3) is 3.15. The lowest BCUT2D eigenvalue weighted by Crippen LogP contribution is -2.33. The summed E-state index contributed by atoms with van der Waals surface area (Å²) in [6.45, 7) is 3.40. The molecule has 7 heteroatoms. The molecule has 0 aromatic heterocycles. The fourth-order valence-corrected chi connectivity index (χ4v) is 6.12. The predicted molar refractivity (Wildman–Crippen MR) is 99.4 cm³/mol. The molecule has 2 aromatic carbocycles. The van der Waals surface area contributed by atoms with E-state index in [1.54, 1.807) is 25.1 Å². The number of aryl methyl sites for hydroxylation is 1. The number of halogens is 1. The second kappa shape index (κ2) is 7.05. The molecule has 2 aromatic rings. The molecule has 1 aliphatic carbocycles. The van der Waals surface area contributed by atoms with Gasteiger partial charge in [0.1, 0.15) is 11.2 Å². The standard InChI is InChI=1S/C20H22FNO4S/c1-3-26-19(23)20(12-22)17(14-5-4-6-15(21)11-14)18(20)27(24,25)16-9-7-13(2)8-10-16/h4-11,17-18H,3,12,22H2,1-2H3/t17-,18+,20+/m1/s1. The molecular weight excluding hydrogens is 369 g/mol. The summed E-state index contributed by atoms with van der Waals surface area (Å²) < 4.78 is 45.5. The maximum atomic E-state index is 13.8. The maximum absolute atomic E-state index is 13.8. The van der Waals surface area contributed by atoms with Crippen LogP contribution < -0.4 is 5.73 Å². The van der Waals surface area contributed by atoms with Crippen LogP contribution in [-0.2, 0) is 19.4 Å². The summed E-state index contributed by atoms with van der Waals surface area (Å²) in [5.41, 5.74) is 5.82. The monoisotopic (exact) mass is 391 g/mol. The Morgan fingerprint density at radius 3 is 2.44 bits per heavy atom. The van der Waals surface area contributed by atoms with Gasteiger partial charge in [0, 0.05) is 12.5 Å². The summed E-state index contributed by atoms with van der Waals surface area (Å²) in [7, 11) is -3.88. The van der Waals surface area contributed by atoms with Gasteiger partial charge in [0.15, 0.2) is 9.84 Å². The molecule has 0 bridgehead atoms. The van der Waals surface area contributed by atoms with Gasteiger partial charge >= 0.3 is 5.97 Å². The first-order chi connectivity index (χ1) is 12.8. The Kier molecular flexibility index (Phi) is 5.10. The van der Waals surface area contributed by atoms with Crippen molar-refractivity contribution in [2.24, 2.45) is 11.1 Å². The molecule has 0 unspecified atom stereocenters. The summed E-state index contributed by atoms with van der Waals surface area (Å²) >= 11 is 0. The highest BCUT2D eigenvalue weighted by molar-refractivity contribution is 7.92. The summed E-state index contributed by atoms with van der Waals surface area (Å²) in [6, 6.07) is 12.0. The largest absolute Gasteiger partial charge is 0.465 e. The van der Waals surface area contributed by atoms with Crippen molar-refractivity contribution in [2.45, 2.75) is 29.9 Å². The highest BCUT2D eigenvalue weighted by Crippen LogP contribution is 2.64. The first kappa shape index (κ1) is 19.5. The average molecular weight is 391 g/mol. The van der Waals surface area contributed by atoms with Crippen LogP contribution in [0.1, 0.15) is 24.0 Å². The number of esters is 1. The van der Waals surface area contributed by atoms with Gasteiger partial charge in [-0.1, -0.05) is 29.8 Å². The third-order valence-corrected chi connectivity index (χ3v) is 7.43. The van der Waals surface area contributed by atoms with Crippen molar-refractivity contribution < 1.29 is 22.3 Å². The molecule has 3 rings (SSSR count). The maximum Gasteiger partial charge on any atom is 0.315 e. The summed E-state index contributed by atoms with van der Waals surface area (Å²) in [6.07, 6.45) is 0. The van der Waals surface area contributed by atoms with E-state index in [0.717, 1.165) is 5.56 Å². The first-order valence-corrected chi connectivity index (χ1v) is 10.3. The quantitative estimate of drug-likeness (QED) is 0.765. The van der Waals surface area contributed by atoms with Crippen molar-refractivity contribution in [3.05, 3.63) is 65.5 Å². The lowest BCUT2D eigenvalue weighted by atomic mass is 9.99. The van der Waals surface area contributed by atoms with Gasteiger partial charge in [-0.15, -0.1) is 0 Å². The van der Waals surface area contributed by atoms with Gasteiger partial charge in [0.05, 0.1) is 16.8 Å². The number of hydrogen-bond acceptors (Lipinski definition) is 5. The predicted octanol–water partition coefficient (Wildman–Crippen LogP) is 2.58. The average Bonchev–Trinajstić information content (AvgIpc) is 3.34. The van der Waals surface area contributed by atoms with E-state index in [1.165, 1.54) is 30.3 Å². The van der Waals surface area contributed by atoms with E-state index in [-0.39, 0.29) is 18.0 Å². The van der Waals surface area contributed by atoms with Gasteiger partial charge in [-0.3, -0.25) is 4.79 Å². The van der Waals surface area contributed by atoms with E-state index < -0.39 is 38.2 Å². The molecule has 3 atom stereocenters. The van der Waals surface area contributed by atoms with Crippen LogP contribution in [0.3, 0.4) is 0 Å². The Labute approximate surface area is 158 Å². The van der Waals surface area contributed by atoms with Gasteiger partial charge in [-0.25, -0.2) is 12.8 Å². The molecule has 1 saturated carbocycles. The second-order valence-electron chi connectivity index (χ2n) is 6.78. The zero-order valence-corrected chi connectivity index (χ0v) is 16.0. The number of carbonyl (C=O) groups is 1. The highest BCUT2D eigenvalue weighted by atomic mass is 32.2. The van der Waals surface area contributed by atoms with E-state index in [0.29, 0.717) is 5.56 Å². The molecule has 1 fully saturated rings. The molecular formula is C20H22FNO4S. The summed E-state index contributed by atoms with van der Waals surface area (Å²) in [5.74, 6) is -1.92. The van der Waals surface area contributed by atoms with Crippen LogP contribution in [0.15, 0.2) is 53.4 Å². The molecule has 5 nitrogen and oxygen atoms in total. The molecule has 27 heavy (non-hydrogen) atoms. The third-order valence-electron chi connectivity index (χ3n) is 5.14. The normalized spacial score (nSPS) is 24.4. The number of benzene rings is 2. The van der Waals surface area contributed by atoms with Crippen LogP contribution >= 0.6 is 0 Å². The van der Waals surface area contributed by atoms with Crippen molar-refractivity contribution in [1.29, 1.82) is 0 Å². The minimum Gasteiger partial charge on any atom is -0.465 e. The van der Waals surface area contributed by atoms with Crippen molar-refractivity contribution in [3.63, 3.8) is 0 Å². The number of hydrogen-bond donors (Lipinski definition) is 1. The van der Waals surface area contributed by atoms with Crippen molar-refractivity contribution >= 4 is 15.8 Å². The molecule has 0 spiro atoms. The number of rotatable bonds is 6. The van der Waals surface area contributed by atoms with Crippen LogP contribution in [0.4, 0.5) is 4.39 Å². The lowest BCUT2D eigenvalue weighted by Gasteiger charge is -2.14. The molecule has 0 heterocycles. The van der Waals surface area contributed by atoms with Crippen molar-refractivity contribution in [1.82, 2.24) is 0 Å². The van der Waals surface area contributed by atoms with Gasteiger partial charge in [0.25, 0.3) is 0 Å². The van der Waals surface area contributed by atoms with Crippen LogP contribution in [0.5, 0.6) is 0 Å². The molecule has 0 aliphatic heterocycles. The summed E-state index contributed by atoms with van der Waals surface area (Å²) in [4.78, 5) is 12.8. The minimum absolute atomic E-state index is 0.105. The van der Waals surface area contributed by atoms with Crippen LogP contribution in [0, 0.1) is 18.2 Å². The Morgan fingerprint density at radius 1 is 1.22 bits per heavy atom. The van der Waals surface area contributed by atoms with Crippen molar-refractivity contribution in [2.75, 3.05) is 13.2 Å².